The first-order chi connectivity index (χ1) is 22.7. The van der Waals surface area contributed by atoms with E-state index in [1.807, 2.05) is 0 Å². The predicted octanol–water partition coefficient (Wildman–Crippen LogP) is 7.56. The van der Waals surface area contributed by atoms with Crippen molar-refractivity contribution < 1.29 is 36.2 Å². The Labute approximate surface area is 272 Å². The topological polar surface area (TPSA) is 251 Å². The third kappa shape index (κ3) is 6.36. The zero-order chi connectivity index (χ0) is 34.4. The highest BCUT2D eigenvalue weighted by molar-refractivity contribution is 7.86. The number of phenolic OH excluding ortho intramolecular Hbond substituents is 2. The van der Waals surface area contributed by atoms with Crippen LogP contribution in [0, 0.1) is 0 Å². The summed E-state index contributed by atoms with van der Waals surface area (Å²) in [6.45, 7) is 0. The summed E-state index contributed by atoms with van der Waals surface area (Å²) >= 11 is 0. The second kappa shape index (κ2) is 12.0. The average Bonchev–Trinajstić information content (AvgIpc) is 3.03. The van der Waals surface area contributed by atoms with E-state index < -0.39 is 52.9 Å². The van der Waals surface area contributed by atoms with Crippen LogP contribution in [0.4, 0.5) is 34.1 Å². The van der Waals surface area contributed by atoms with Crippen molar-refractivity contribution in [1.82, 2.24) is 0 Å². The van der Waals surface area contributed by atoms with Gasteiger partial charge in [0.1, 0.15) is 21.2 Å². The first kappa shape index (κ1) is 32.0. The number of nitrogens with two attached hydrogens (primary N) is 2. The number of hydrogen-bond donors (Lipinski definition) is 6. The SMILES string of the molecule is Nc1ccc2c(O)c(N=Nc3ccc(-c4ccc(N=Nc5c(S(=O)(=O)O)cc6ccc(N)cc6c5O)cc4)cc3)c(S(=O)(=O)O)cc2c1. The smallest absolute Gasteiger partial charge is 0.296 e. The molecule has 0 aromatic heterocycles. The van der Waals surface area contributed by atoms with E-state index in [2.05, 4.69) is 20.5 Å². The molecule has 6 rings (SSSR count). The van der Waals surface area contributed by atoms with E-state index in [9.17, 15) is 36.2 Å². The summed E-state index contributed by atoms with van der Waals surface area (Å²) in [7, 11) is -9.54. The van der Waals surface area contributed by atoms with Crippen LogP contribution in [0.3, 0.4) is 0 Å². The minimum atomic E-state index is -4.78. The average molecular weight is 685 g/mol. The Bertz CT molecular complexity index is 2540. The summed E-state index contributed by atoms with van der Waals surface area (Å²) in [4.78, 5) is -1.25. The molecule has 8 N–H and O–H groups in total. The zero-order valence-electron chi connectivity index (χ0n) is 24.4. The van der Waals surface area contributed by atoms with Gasteiger partial charge in [-0.05, 0) is 88.6 Å². The van der Waals surface area contributed by atoms with Gasteiger partial charge in [0.15, 0.2) is 11.5 Å². The predicted molar refractivity (Wildman–Crippen MR) is 180 cm³/mol. The van der Waals surface area contributed by atoms with Crippen molar-refractivity contribution in [1.29, 1.82) is 0 Å². The minimum absolute atomic E-state index is 0.230. The summed E-state index contributed by atoms with van der Waals surface area (Å²) in [5, 5.41) is 38.6. The van der Waals surface area contributed by atoms with Crippen LogP contribution in [0.15, 0.2) is 127 Å². The molecule has 48 heavy (non-hydrogen) atoms. The number of rotatable bonds is 7. The molecule has 16 heteroatoms. The van der Waals surface area contributed by atoms with Gasteiger partial charge in [-0.3, -0.25) is 9.11 Å². The maximum absolute atomic E-state index is 12.1. The van der Waals surface area contributed by atoms with Gasteiger partial charge in [-0.25, -0.2) is 0 Å². The van der Waals surface area contributed by atoms with Gasteiger partial charge in [0.2, 0.25) is 0 Å². The molecule has 0 spiro atoms. The normalized spacial score (nSPS) is 12.5. The maximum Gasteiger partial charge on any atom is 0.296 e. The maximum atomic E-state index is 12.1. The van der Waals surface area contributed by atoms with Gasteiger partial charge in [-0.15, -0.1) is 10.2 Å². The molecular weight excluding hydrogens is 661 g/mol. The van der Waals surface area contributed by atoms with E-state index in [1.54, 1.807) is 48.5 Å². The summed E-state index contributed by atoms with van der Waals surface area (Å²) in [6.07, 6.45) is 0. The van der Waals surface area contributed by atoms with E-state index in [0.717, 1.165) is 17.2 Å². The van der Waals surface area contributed by atoms with Crippen LogP contribution in [0.1, 0.15) is 0 Å². The van der Waals surface area contributed by atoms with Crippen molar-refractivity contribution >= 4 is 75.9 Å². The zero-order valence-corrected chi connectivity index (χ0v) is 26.1. The number of anilines is 2. The molecule has 6 aromatic carbocycles. The van der Waals surface area contributed by atoms with Crippen LogP contribution < -0.4 is 11.5 Å². The molecule has 242 valence electrons. The highest BCUT2D eigenvalue weighted by atomic mass is 32.2. The van der Waals surface area contributed by atoms with Gasteiger partial charge in [0.05, 0.1) is 11.4 Å². The molecule has 0 amide bonds. The van der Waals surface area contributed by atoms with Crippen LogP contribution in [0.5, 0.6) is 11.5 Å². The van der Waals surface area contributed by atoms with E-state index in [4.69, 9.17) is 11.5 Å². The quantitative estimate of drug-likeness (QED) is 0.0546. The van der Waals surface area contributed by atoms with E-state index in [0.29, 0.717) is 28.1 Å². The number of fused-ring (bicyclic) bond motifs is 2. The van der Waals surface area contributed by atoms with Gasteiger partial charge in [0, 0.05) is 22.1 Å². The molecule has 0 aliphatic carbocycles. The molecule has 0 heterocycles. The highest BCUT2D eigenvalue weighted by Gasteiger charge is 2.23. The van der Waals surface area contributed by atoms with Crippen LogP contribution >= 0.6 is 0 Å². The fourth-order valence-corrected chi connectivity index (χ4v) is 6.29. The number of phenols is 2. The van der Waals surface area contributed by atoms with Crippen LogP contribution in [0.2, 0.25) is 0 Å². The molecule has 0 fully saturated rings. The third-order valence-electron chi connectivity index (χ3n) is 7.31. The fourth-order valence-electron chi connectivity index (χ4n) is 4.97. The number of aromatic hydroxyl groups is 2. The van der Waals surface area contributed by atoms with Crippen molar-refractivity contribution in [2.75, 3.05) is 11.5 Å². The van der Waals surface area contributed by atoms with Gasteiger partial charge in [-0.2, -0.15) is 27.1 Å². The largest absolute Gasteiger partial charge is 0.505 e. The van der Waals surface area contributed by atoms with Crippen molar-refractivity contribution in [2.24, 2.45) is 20.5 Å². The van der Waals surface area contributed by atoms with Gasteiger partial charge in [-0.1, -0.05) is 30.3 Å². The number of azo groups is 2. The summed E-state index contributed by atoms with van der Waals surface area (Å²) in [5.74, 6) is -1.01. The monoisotopic (exact) mass is 684 g/mol. The van der Waals surface area contributed by atoms with Crippen molar-refractivity contribution in [3.05, 3.63) is 97.1 Å². The Morgan fingerprint density at radius 1 is 0.479 bits per heavy atom. The molecule has 0 unspecified atom stereocenters. The molecule has 0 atom stereocenters. The summed E-state index contributed by atoms with van der Waals surface area (Å²) < 4.78 is 67.7. The molecule has 0 radical (unpaired) electrons. The molecule has 0 aliphatic heterocycles. The van der Waals surface area contributed by atoms with Crippen LogP contribution in [-0.4, -0.2) is 36.2 Å². The lowest BCUT2D eigenvalue weighted by atomic mass is 10.1. The second-order valence-electron chi connectivity index (χ2n) is 10.5. The Morgan fingerprint density at radius 3 is 1.42 bits per heavy atom. The van der Waals surface area contributed by atoms with Gasteiger partial charge in [0.25, 0.3) is 20.2 Å². The molecular formula is C32H24N6O8S2. The number of nitrogen functional groups attached to an aromatic ring is 2. The Hall–Kier alpha value is -5.94. The van der Waals surface area contributed by atoms with Crippen molar-refractivity contribution in [2.45, 2.75) is 9.79 Å². The number of nitrogens with zero attached hydrogens (tertiary/aromatic N) is 4. The Morgan fingerprint density at radius 2 is 0.917 bits per heavy atom. The van der Waals surface area contributed by atoms with E-state index >= 15 is 0 Å². The van der Waals surface area contributed by atoms with E-state index in [1.165, 1.54) is 42.5 Å². The van der Waals surface area contributed by atoms with Crippen LogP contribution in [-0.2, 0) is 20.2 Å². The van der Waals surface area contributed by atoms with E-state index in [-0.39, 0.29) is 16.2 Å². The highest BCUT2D eigenvalue weighted by Crippen LogP contribution is 2.43. The lowest BCUT2D eigenvalue weighted by Crippen LogP contribution is -1.99. The first-order valence-electron chi connectivity index (χ1n) is 13.8. The molecule has 0 aliphatic rings. The Balaban J connectivity index is 1.25. The summed E-state index contributed by atoms with van der Waals surface area (Å²) in [6, 6.07) is 24.5. The first-order valence-corrected chi connectivity index (χ1v) is 16.7. The lowest BCUT2D eigenvalue weighted by molar-refractivity contribution is 0.472. The number of hydrogen-bond acceptors (Lipinski definition) is 12. The molecule has 14 nitrogen and oxygen atoms in total. The molecule has 6 aromatic rings. The third-order valence-corrected chi connectivity index (χ3v) is 9.04. The minimum Gasteiger partial charge on any atom is -0.505 e. The molecule has 0 bridgehead atoms. The van der Waals surface area contributed by atoms with Crippen molar-refractivity contribution in [3.63, 3.8) is 0 Å². The fraction of sp³-hybridized carbons (Fsp3) is 0. The van der Waals surface area contributed by atoms with Gasteiger partial charge < -0.3 is 21.7 Å². The molecule has 0 saturated carbocycles. The standard InChI is InChI=1S/C32H24N6O8S2/c33-21-7-12-25-20(13-21)15-28(48(44,45)46)29(31(25)39)37-35-23-8-2-17(3-9-23)18-4-10-24(11-5-18)36-38-30-27(47(41,42)43)14-19-1-6-22(34)16-26(19)32(30)40/h1-16,39-40H,33-34H2,(H,41,42,43)(H,44,45,46). The number of benzene rings is 6. The Kier molecular flexibility index (Phi) is 8.01. The van der Waals surface area contributed by atoms with Crippen LogP contribution in [0.25, 0.3) is 32.7 Å². The lowest BCUT2D eigenvalue weighted by Gasteiger charge is -2.09. The molecule has 0 saturated heterocycles. The van der Waals surface area contributed by atoms with Gasteiger partial charge >= 0.3 is 0 Å². The second-order valence-corrected chi connectivity index (χ2v) is 13.3. The van der Waals surface area contributed by atoms with Crippen molar-refractivity contribution in [3.8, 4) is 22.6 Å². The summed E-state index contributed by atoms with van der Waals surface area (Å²) in [5.41, 5.74) is 13.5.